The van der Waals surface area contributed by atoms with Crippen molar-refractivity contribution in [2.45, 2.75) is 38.4 Å². The van der Waals surface area contributed by atoms with Gasteiger partial charge in [-0.25, -0.2) is 4.98 Å². The van der Waals surface area contributed by atoms with E-state index in [9.17, 15) is 18.0 Å². The van der Waals surface area contributed by atoms with Crippen molar-refractivity contribution in [1.82, 2.24) is 4.98 Å². The van der Waals surface area contributed by atoms with E-state index in [1.165, 1.54) is 12.3 Å². The topological polar surface area (TPSA) is 62.2 Å². The van der Waals surface area contributed by atoms with Gasteiger partial charge in [0.25, 0.3) is 0 Å². The Balaban J connectivity index is 2.93. The highest BCUT2D eigenvalue weighted by Crippen LogP contribution is 2.33. The largest absolute Gasteiger partial charge is 0.481 e. The van der Waals surface area contributed by atoms with Crippen LogP contribution >= 0.6 is 0 Å². The van der Waals surface area contributed by atoms with Crippen LogP contribution in [-0.4, -0.2) is 22.1 Å². The molecule has 1 atom stereocenters. The molecule has 0 amide bonds. The molecule has 0 saturated carbocycles. The van der Waals surface area contributed by atoms with Crippen molar-refractivity contribution in [3.8, 4) is 0 Å². The molecule has 106 valence electrons. The number of halogens is 3. The van der Waals surface area contributed by atoms with Crippen molar-refractivity contribution in [3.05, 3.63) is 23.9 Å². The van der Waals surface area contributed by atoms with Gasteiger partial charge in [0.05, 0.1) is 12.0 Å². The van der Waals surface area contributed by atoms with Crippen molar-refractivity contribution in [1.29, 1.82) is 0 Å². The maximum Gasteiger partial charge on any atom is 0.419 e. The first kappa shape index (κ1) is 15.3. The predicted molar refractivity (Wildman–Crippen MR) is 63.8 cm³/mol. The van der Waals surface area contributed by atoms with Crippen LogP contribution in [0.3, 0.4) is 0 Å². The zero-order valence-corrected chi connectivity index (χ0v) is 10.4. The maximum absolute atomic E-state index is 12.8. The van der Waals surface area contributed by atoms with Gasteiger partial charge in [-0.3, -0.25) is 4.79 Å². The number of aliphatic carboxylic acids is 1. The molecule has 0 aliphatic rings. The van der Waals surface area contributed by atoms with E-state index in [4.69, 9.17) is 5.11 Å². The van der Waals surface area contributed by atoms with Crippen LogP contribution in [0.25, 0.3) is 0 Å². The van der Waals surface area contributed by atoms with Crippen molar-refractivity contribution in [2.75, 3.05) is 5.32 Å². The summed E-state index contributed by atoms with van der Waals surface area (Å²) in [5.74, 6) is -1.38. The molecule has 19 heavy (non-hydrogen) atoms. The molecular formula is C12H15F3N2O2. The molecule has 0 fully saturated rings. The van der Waals surface area contributed by atoms with Crippen LogP contribution < -0.4 is 5.32 Å². The molecule has 1 heterocycles. The number of nitrogens with one attached hydrogen (secondary N) is 1. The minimum Gasteiger partial charge on any atom is -0.481 e. The summed E-state index contributed by atoms with van der Waals surface area (Å²) in [5, 5.41) is 11.3. The average Bonchev–Trinajstić information content (AvgIpc) is 2.27. The molecule has 0 saturated heterocycles. The molecule has 0 aliphatic carbocycles. The number of alkyl halides is 3. The second kappa shape index (κ2) is 6.40. The summed E-state index contributed by atoms with van der Waals surface area (Å²) in [6.45, 7) is 1.83. The molecule has 2 N–H and O–H groups in total. The van der Waals surface area contributed by atoms with Gasteiger partial charge < -0.3 is 10.4 Å². The van der Waals surface area contributed by atoms with Gasteiger partial charge in [-0.05, 0) is 18.6 Å². The first-order valence-corrected chi connectivity index (χ1v) is 5.85. The monoisotopic (exact) mass is 276 g/mol. The molecule has 0 aliphatic heterocycles. The number of anilines is 1. The van der Waals surface area contributed by atoms with Gasteiger partial charge in [-0.15, -0.1) is 0 Å². The molecule has 1 aromatic rings. The van der Waals surface area contributed by atoms with Crippen LogP contribution in [-0.2, 0) is 11.0 Å². The van der Waals surface area contributed by atoms with Gasteiger partial charge in [0.2, 0.25) is 0 Å². The molecule has 0 spiro atoms. The number of hydrogen-bond acceptors (Lipinski definition) is 3. The Labute approximate surface area is 108 Å². The molecule has 1 aromatic heterocycles. The van der Waals surface area contributed by atoms with E-state index in [0.29, 0.717) is 12.8 Å². The van der Waals surface area contributed by atoms with Crippen molar-refractivity contribution >= 4 is 11.8 Å². The number of nitrogens with zero attached hydrogens (tertiary/aromatic N) is 1. The van der Waals surface area contributed by atoms with E-state index in [0.717, 1.165) is 6.07 Å². The van der Waals surface area contributed by atoms with E-state index < -0.39 is 23.8 Å². The SMILES string of the molecule is CCCC(CC(=O)O)Nc1ncccc1C(F)(F)F. The molecule has 0 bridgehead atoms. The van der Waals surface area contributed by atoms with Gasteiger partial charge in [0.1, 0.15) is 5.82 Å². The van der Waals surface area contributed by atoms with Crippen LogP contribution in [0.2, 0.25) is 0 Å². The Bertz CT molecular complexity index is 435. The lowest BCUT2D eigenvalue weighted by molar-refractivity contribution is -0.137. The molecule has 1 rings (SSSR count). The Morgan fingerprint density at radius 3 is 2.74 bits per heavy atom. The van der Waals surface area contributed by atoms with Crippen LogP contribution in [0.5, 0.6) is 0 Å². The van der Waals surface area contributed by atoms with Crippen LogP contribution in [0.15, 0.2) is 18.3 Å². The number of rotatable bonds is 6. The Hall–Kier alpha value is -1.79. The first-order valence-electron chi connectivity index (χ1n) is 5.85. The fourth-order valence-corrected chi connectivity index (χ4v) is 1.73. The van der Waals surface area contributed by atoms with Gasteiger partial charge in [0.15, 0.2) is 0 Å². The second-order valence-corrected chi connectivity index (χ2v) is 4.13. The summed E-state index contributed by atoms with van der Waals surface area (Å²) >= 11 is 0. The van der Waals surface area contributed by atoms with Crippen LogP contribution in [0, 0.1) is 0 Å². The van der Waals surface area contributed by atoms with Crippen molar-refractivity contribution in [2.24, 2.45) is 0 Å². The van der Waals surface area contributed by atoms with Gasteiger partial charge in [0, 0.05) is 12.2 Å². The van der Waals surface area contributed by atoms with Crippen molar-refractivity contribution < 1.29 is 23.1 Å². The zero-order valence-electron chi connectivity index (χ0n) is 10.4. The minimum absolute atomic E-state index is 0.248. The lowest BCUT2D eigenvalue weighted by Gasteiger charge is -2.19. The van der Waals surface area contributed by atoms with E-state index in [2.05, 4.69) is 10.3 Å². The third kappa shape index (κ3) is 4.76. The highest BCUT2D eigenvalue weighted by Gasteiger charge is 2.34. The number of carbonyl (C=O) groups is 1. The molecular weight excluding hydrogens is 261 g/mol. The fraction of sp³-hybridized carbons (Fsp3) is 0.500. The summed E-state index contributed by atoms with van der Waals surface area (Å²) in [5.41, 5.74) is -0.888. The standard InChI is InChI=1S/C12H15F3N2O2/c1-2-4-8(7-10(18)19)17-11-9(12(13,14)15)5-3-6-16-11/h3,5-6,8H,2,4,7H2,1H3,(H,16,17)(H,18,19). The number of carboxylic acids is 1. The zero-order chi connectivity index (χ0) is 14.5. The third-order valence-corrected chi connectivity index (χ3v) is 2.51. The Morgan fingerprint density at radius 2 is 2.21 bits per heavy atom. The summed E-state index contributed by atoms with van der Waals surface area (Å²) in [4.78, 5) is 14.3. The highest BCUT2D eigenvalue weighted by atomic mass is 19.4. The Morgan fingerprint density at radius 1 is 1.53 bits per heavy atom. The lowest BCUT2D eigenvalue weighted by atomic mass is 10.1. The van der Waals surface area contributed by atoms with E-state index in [1.54, 1.807) is 0 Å². The summed E-state index contributed by atoms with van der Waals surface area (Å²) in [6.07, 6.45) is -2.40. The van der Waals surface area contributed by atoms with Crippen LogP contribution in [0.4, 0.5) is 19.0 Å². The number of hydrogen-bond donors (Lipinski definition) is 2. The summed E-state index contributed by atoms with van der Waals surface area (Å²) < 4.78 is 38.3. The van der Waals surface area contributed by atoms with Gasteiger partial charge >= 0.3 is 12.1 Å². The number of aromatic nitrogens is 1. The summed E-state index contributed by atoms with van der Waals surface area (Å²) in [7, 11) is 0. The van der Waals surface area contributed by atoms with Crippen molar-refractivity contribution in [3.63, 3.8) is 0 Å². The fourth-order valence-electron chi connectivity index (χ4n) is 1.73. The Kier molecular flexibility index (Phi) is 5.14. The quantitative estimate of drug-likeness (QED) is 0.837. The highest BCUT2D eigenvalue weighted by molar-refractivity contribution is 5.68. The third-order valence-electron chi connectivity index (χ3n) is 2.51. The first-order chi connectivity index (χ1) is 8.84. The normalized spacial score (nSPS) is 13.1. The van der Waals surface area contributed by atoms with Crippen LogP contribution in [0.1, 0.15) is 31.7 Å². The number of pyridine rings is 1. The van der Waals surface area contributed by atoms with E-state index in [1.807, 2.05) is 6.92 Å². The molecule has 7 heteroatoms. The summed E-state index contributed by atoms with van der Waals surface area (Å²) in [6, 6.07) is 1.54. The minimum atomic E-state index is -4.52. The van der Waals surface area contributed by atoms with Gasteiger partial charge in [-0.2, -0.15) is 13.2 Å². The molecule has 0 radical (unpaired) electrons. The van der Waals surface area contributed by atoms with E-state index in [-0.39, 0.29) is 12.2 Å². The lowest BCUT2D eigenvalue weighted by Crippen LogP contribution is -2.25. The molecule has 1 unspecified atom stereocenters. The number of carboxylic acid groups (broad SMARTS) is 1. The smallest absolute Gasteiger partial charge is 0.419 e. The molecule has 0 aromatic carbocycles. The van der Waals surface area contributed by atoms with E-state index >= 15 is 0 Å². The second-order valence-electron chi connectivity index (χ2n) is 4.13. The molecule has 4 nitrogen and oxygen atoms in total. The average molecular weight is 276 g/mol. The maximum atomic E-state index is 12.8. The van der Waals surface area contributed by atoms with Gasteiger partial charge in [-0.1, -0.05) is 13.3 Å². The predicted octanol–water partition coefficient (Wildman–Crippen LogP) is 3.16.